The summed E-state index contributed by atoms with van der Waals surface area (Å²) in [5.41, 5.74) is 0.642. The number of ether oxygens (including phenoxy) is 1. The van der Waals surface area contributed by atoms with Crippen LogP contribution in [0.5, 0.6) is 5.75 Å². The SMILES string of the molecule is CCOc1ccccc1C(=O)NC1CC2CCCC(C1)N2. The summed E-state index contributed by atoms with van der Waals surface area (Å²) in [5.74, 6) is 0.663. The van der Waals surface area contributed by atoms with Crippen LogP contribution in [0.4, 0.5) is 0 Å². The minimum atomic E-state index is -0.0102. The van der Waals surface area contributed by atoms with E-state index in [0.717, 1.165) is 12.8 Å². The number of carbonyl (C=O) groups excluding carboxylic acids is 1. The van der Waals surface area contributed by atoms with Crippen LogP contribution in [0.3, 0.4) is 0 Å². The molecule has 0 radical (unpaired) electrons. The standard InChI is InChI=1S/C17H24N2O2/c1-2-21-16-9-4-3-8-15(16)17(20)19-14-10-12-6-5-7-13(11-14)18-12/h3-4,8-9,12-14,18H,2,5-7,10-11H2,1H3,(H,19,20). The highest BCUT2D eigenvalue weighted by molar-refractivity contribution is 5.97. The maximum atomic E-state index is 12.5. The van der Waals surface area contributed by atoms with Crippen molar-refractivity contribution in [2.45, 2.75) is 57.2 Å². The molecule has 2 aliphatic rings. The lowest BCUT2D eigenvalue weighted by atomic mass is 9.84. The minimum absolute atomic E-state index is 0.0102. The van der Waals surface area contributed by atoms with Crippen LogP contribution in [0.25, 0.3) is 0 Å². The van der Waals surface area contributed by atoms with Crippen LogP contribution < -0.4 is 15.4 Å². The number of fused-ring (bicyclic) bond motifs is 2. The molecule has 21 heavy (non-hydrogen) atoms. The first-order valence-corrected chi connectivity index (χ1v) is 8.05. The molecule has 2 bridgehead atoms. The van der Waals surface area contributed by atoms with Gasteiger partial charge in [-0.05, 0) is 44.7 Å². The van der Waals surface area contributed by atoms with Gasteiger partial charge in [0.25, 0.3) is 5.91 Å². The average Bonchev–Trinajstić information content (AvgIpc) is 2.47. The highest BCUT2D eigenvalue weighted by atomic mass is 16.5. The summed E-state index contributed by atoms with van der Waals surface area (Å²) < 4.78 is 5.55. The van der Waals surface area contributed by atoms with E-state index in [1.54, 1.807) is 0 Å². The summed E-state index contributed by atoms with van der Waals surface area (Å²) in [6, 6.07) is 8.90. The Hall–Kier alpha value is -1.55. The quantitative estimate of drug-likeness (QED) is 0.895. The van der Waals surface area contributed by atoms with Gasteiger partial charge in [0.2, 0.25) is 0 Å². The minimum Gasteiger partial charge on any atom is -0.493 e. The largest absolute Gasteiger partial charge is 0.493 e. The molecule has 0 spiro atoms. The topological polar surface area (TPSA) is 50.4 Å². The fourth-order valence-corrected chi connectivity index (χ4v) is 3.58. The van der Waals surface area contributed by atoms with Gasteiger partial charge in [0.05, 0.1) is 12.2 Å². The average molecular weight is 288 g/mol. The van der Waals surface area contributed by atoms with E-state index < -0.39 is 0 Å². The van der Waals surface area contributed by atoms with Gasteiger partial charge < -0.3 is 15.4 Å². The molecule has 2 fully saturated rings. The molecule has 4 heteroatoms. The number of amides is 1. The Morgan fingerprint density at radius 2 is 2.00 bits per heavy atom. The number of para-hydroxylation sites is 1. The third kappa shape index (κ3) is 3.38. The lowest BCUT2D eigenvalue weighted by Crippen LogP contribution is -2.54. The monoisotopic (exact) mass is 288 g/mol. The Labute approximate surface area is 126 Å². The van der Waals surface area contributed by atoms with Crippen molar-refractivity contribution >= 4 is 5.91 Å². The van der Waals surface area contributed by atoms with Gasteiger partial charge in [0, 0.05) is 18.1 Å². The van der Waals surface area contributed by atoms with Gasteiger partial charge in [0.15, 0.2) is 0 Å². The number of benzene rings is 1. The second-order valence-electron chi connectivity index (χ2n) is 6.06. The van der Waals surface area contributed by atoms with E-state index in [0.29, 0.717) is 30.0 Å². The summed E-state index contributed by atoms with van der Waals surface area (Å²) in [7, 11) is 0. The predicted molar refractivity (Wildman–Crippen MR) is 82.7 cm³/mol. The molecule has 1 aromatic rings. The van der Waals surface area contributed by atoms with Gasteiger partial charge in [-0.3, -0.25) is 4.79 Å². The van der Waals surface area contributed by atoms with Gasteiger partial charge in [-0.15, -0.1) is 0 Å². The molecule has 4 nitrogen and oxygen atoms in total. The molecule has 114 valence electrons. The van der Waals surface area contributed by atoms with Crippen LogP contribution in [-0.4, -0.2) is 30.6 Å². The molecular weight excluding hydrogens is 264 g/mol. The Bertz CT molecular complexity index is 491. The summed E-state index contributed by atoms with van der Waals surface area (Å²) in [5, 5.41) is 6.86. The highest BCUT2D eigenvalue weighted by Gasteiger charge is 2.32. The lowest BCUT2D eigenvalue weighted by Gasteiger charge is -2.40. The van der Waals surface area contributed by atoms with Crippen molar-refractivity contribution in [2.75, 3.05) is 6.61 Å². The fraction of sp³-hybridized carbons (Fsp3) is 0.588. The number of nitrogens with one attached hydrogen (secondary N) is 2. The van der Waals surface area contributed by atoms with Gasteiger partial charge >= 0.3 is 0 Å². The zero-order valence-electron chi connectivity index (χ0n) is 12.6. The number of hydrogen-bond donors (Lipinski definition) is 2. The predicted octanol–water partition coefficient (Wildman–Crippen LogP) is 2.49. The highest BCUT2D eigenvalue weighted by Crippen LogP contribution is 2.26. The summed E-state index contributed by atoms with van der Waals surface area (Å²) >= 11 is 0. The molecule has 2 N–H and O–H groups in total. The van der Waals surface area contributed by atoms with Gasteiger partial charge in [-0.2, -0.15) is 0 Å². The Morgan fingerprint density at radius 1 is 1.29 bits per heavy atom. The first-order chi connectivity index (χ1) is 10.3. The van der Waals surface area contributed by atoms with Gasteiger partial charge in [-0.25, -0.2) is 0 Å². The van der Waals surface area contributed by atoms with E-state index in [4.69, 9.17) is 4.74 Å². The van der Waals surface area contributed by atoms with E-state index in [1.807, 2.05) is 31.2 Å². The molecule has 2 unspecified atom stereocenters. The van der Waals surface area contributed by atoms with Crippen molar-refractivity contribution in [3.8, 4) is 5.75 Å². The summed E-state index contributed by atoms with van der Waals surface area (Å²) in [6.45, 7) is 2.50. The van der Waals surface area contributed by atoms with Gasteiger partial charge in [0.1, 0.15) is 5.75 Å². The molecule has 0 aliphatic carbocycles. The summed E-state index contributed by atoms with van der Waals surface area (Å²) in [4.78, 5) is 12.5. The molecule has 2 saturated heterocycles. The lowest BCUT2D eigenvalue weighted by molar-refractivity contribution is 0.0903. The normalized spacial score (nSPS) is 28.0. The van der Waals surface area contributed by atoms with Crippen LogP contribution in [0.15, 0.2) is 24.3 Å². The maximum absolute atomic E-state index is 12.5. The van der Waals surface area contributed by atoms with Crippen LogP contribution in [-0.2, 0) is 0 Å². The molecule has 1 amide bonds. The molecule has 2 aliphatic heterocycles. The second-order valence-corrected chi connectivity index (χ2v) is 6.06. The number of piperidine rings is 2. The van der Waals surface area contributed by atoms with E-state index in [9.17, 15) is 4.79 Å². The van der Waals surface area contributed by atoms with E-state index in [1.165, 1.54) is 19.3 Å². The molecule has 3 rings (SSSR count). The number of carbonyl (C=O) groups is 1. The molecule has 0 aromatic heterocycles. The smallest absolute Gasteiger partial charge is 0.255 e. The third-order valence-corrected chi connectivity index (χ3v) is 4.48. The Morgan fingerprint density at radius 3 is 2.71 bits per heavy atom. The second kappa shape index (κ2) is 6.48. The van der Waals surface area contributed by atoms with Crippen molar-refractivity contribution in [3.63, 3.8) is 0 Å². The Balaban J connectivity index is 1.66. The first kappa shape index (κ1) is 14.4. The van der Waals surface area contributed by atoms with Crippen LogP contribution in [0.2, 0.25) is 0 Å². The summed E-state index contributed by atoms with van der Waals surface area (Å²) in [6.07, 6.45) is 5.87. The van der Waals surface area contributed by atoms with Crippen LogP contribution in [0, 0.1) is 0 Å². The van der Waals surface area contributed by atoms with Crippen molar-refractivity contribution in [1.82, 2.24) is 10.6 Å². The first-order valence-electron chi connectivity index (χ1n) is 8.05. The molecule has 0 saturated carbocycles. The van der Waals surface area contributed by atoms with Crippen LogP contribution >= 0.6 is 0 Å². The van der Waals surface area contributed by atoms with E-state index >= 15 is 0 Å². The zero-order valence-corrected chi connectivity index (χ0v) is 12.6. The van der Waals surface area contributed by atoms with Crippen molar-refractivity contribution in [3.05, 3.63) is 29.8 Å². The van der Waals surface area contributed by atoms with Crippen molar-refractivity contribution in [2.24, 2.45) is 0 Å². The fourth-order valence-electron chi connectivity index (χ4n) is 3.58. The Kier molecular flexibility index (Phi) is 4.44. The van der Waals surface area contributed by atoms with Crippen LogP contribution in [0.1, 0.15) is 49.4 Å². The van der Waals surface area contributed by atoms with Crippen molar-refractivity contribution in [1.29, 1.82) is 0 Å². The maximum Gasteiger partial charge on any atom is 0.255 e. The molecule has 2 heterocycles. The molecular formula is C17H24N2O2. The zero-order chi connectivity index (χ0) is 14.7. The van der Waals surface area contributed by atoms with Gasteiger partial charge in [-0.1, -0.05) is 18.6 Å². The number of rotatable bonds is 4. The van der Waals surface area contributed by atoms with E-state index in [2.05, 4.69) is 10.6 Å². The number of hydrogen-bond acceptors (Lipinski definition) is 3. The third-order valence-electron chi connectivity index (χ3n) is 4.48. The molecule has 2 atom stereocenters. The molecule has 1 aromatic carbocycles. The van der Waals surface area contributed by atoms with E-state index in [-0.39, 0.29) is 11.9 Å². The van der Waals surface area contributed by atoms with Crippen molar-refractivity contribution < 1.29 is 9.53 Å².